The highest BCUT2D eigenvalue weighted by molar-refractivity contribution is 5.42. The van der Waals surface area contributed by atoms with Crippen LogP contribution < -0.4 is 5.32 Å². The van der Waals surface area contributed by atoms with E-state index >= 15 is 0 Å². The fourth-order valence-corrected chi connectivity index (χ4v) is 1.03. The van der Waals surface area contributed by atoms with Crippen LogP contribution in [0.4, 0.5) is 8.78 Å². The third kappa shape index (κ3) is 2.82. The van der Waals surface area contributed by atoms with Gasteiger partial charge in [0.1, 0.15) is 0 Å². The Morgan fingerprint density at radius 3 is 2.71 bits per heavy atom. The Kier molecular flexibility index (Phi) is 4.09. The van der Waals surface area contributed by atoms with Gasteiger partial charge in [0.25, 0.3) is 6.43 Å². The Balaban J connectivity index is 2.92. The lowest BCUT2D eigenvalue weighted by Crippen LogP contribution is -2.04. The Morgan fingerprint density at radius 2 is 2.07 bits per heavy atom. The molecule has 1 N–H and O–H groups in total. The highest BCUT2D eigenvalue weighted by Gasteiger charge is 2.09. The van der Waals surface area contributed by atoms with Crippen LogP contribution in [0.25, 0.3) is 0 Å². The molecule has 1 nitrogen and oxygen atoms in total. The van der Waals surface area contributed by atoms with Crippen molar-refractivity contribution in [3.63, 3.8) is 0 Å². The molecule has 74 valence electrons. The molecular weight excluding hydrogens is 184 g/mol. The molecule has 0 fully saturated rings. The van der Waals surface area contributed by atoms with Crippen LogP contribution in [0, 0.1) is 11.8 Å². The molecule has 0 heterocycles. The number of hydrogen-bond acceptors (Lipinski definition) is 1. The highest BCUT2D eigenvalue weighted by atomic mass is 19.3. The zero-order chi connectivity index (χ0) is 10.4. The van der Waals surface area contributed by atoms with Crippen LogP contribution in [0.1, 0.15) is 17.6 Å². The SMILES string of the molecule is CNCC#Cc1ccccc1C(F)F. The van der Waals surface area contributed by atoms with Crippen molar-refractivity contribution < 1.29 is 8.78 Å². The van der Waals surface area contributed by atoms with Crippen LogP contribution in [0.3, 0.4) is 0 Å². The van der Waals surface area contributed by atoms with Gasteiger partial charge in [-0.05, 0) is 13.1 Å². The smallest absolute Gasteiger partial charge is 0.265 e. The largest absolute Gasteiger partial charge is 0.309 e. The molecule has 0 atom stereocenters. The van der Waals surface area contributed by atoms with Crippen LogP contribution >= 0.6 is 0 Å². The standard InChI is InChI=1S/C11H11F2N/c1-14-8-4-6-9-5-2-3-7-10(9)11(12)13/h2-3,5,7,11,14H,8H2,1H3. The van der Waals surface area contributed by atoms with Gasteiger partial charge in [0.15, 0.2) is 0 Å². The molecule has 0 aliphatic rings. The molecule has 1 aromatic rings. The molecule has 0 spiro atoms. The lowest BCUT2D eigenvalue weighted by molar-refractivity contribution is 0.151. The van der Waals surface area contributed by atoms with Crippen molar-refractivity contribution in [2.75, 3.05) is 13.6 Å². The molecule has 3 heteroatoms. The summed E-state index contributed by atoms with van der Waals surface area (Å²) >= 11 is 0. The number of nitrogens with one attached hydrogen (secondary N) is 1. The van der Waals surface area contributed by atoms with Crippen molar-refractivity contribution >= 4 is 0 Å². The van der Waals surface area contributed by atoms with Crippen LogP contribution in [0.5, 0.6) is 0 Å². The number of rotatable bonds is 2. The van der Waals surface area contributed by atoms with Crippen molar-refractivity contribution in [3.8, 4) is 11.8 Å². The van der Waals surface area contributed by atoms with Gasteiger partial charge in [0, 0.05) is 11.1 Å². The Hall–Kier alpha value is -1.40. The second-order valence-electron chi connectivity index (χ2n) is 2.72. The van der Waals surface area contributed by atoms with Gasteiger partial charge in [0.2, 0.25) is 0 Å². The molecule has 0 amide bonds. The lowest BCUT2D eigenvalue weighted by Gasteiger charge is -2.01. The first-order valence-electron chi connectivity index (χ1n) is 4.26. The summed E-state index contributed by atoms with van der Waals surface area (Å²) in [5.74, 6) is 5.46. The van der Waals surface area contributed by atoms with Gasteiger partial charge in [-0.3, -0.25) is 0 Å². The van der Waals surface area contributed by atoms with E-state index in [1.807, 2.05) is 0 Å². The molecule has 1 rings (SSSR count). The minimum Gasteiger partial charge on any atom is -0.309 e. The van der Waals surface area contributed by atoms with Gasteiger partial charge < -0.3 is 5.32 Å². The average molecular weight is 195 g/mol. The summed E-state index contributed by atoms with van der Waals surface area (Å²) in [4.78, 5) is 0. The van der Waals surface area contributed by atoms with Gasteiger partial charge >= 0.3 is 0 Å². The summed E-state index contributed by atoms with van der Waals surface area (Å²) in [7, 11) is 1.76. The van der Waals surface area contributed by atoms with Crippen molar-refractivity contribution in [3.05, 3.63) is 35.4 Å². The number of halogens is 2. The summed E-state index contributed by atoms with van der Waals surface area (Å²) < 4.78 is 24.9. The van der Waals surface area contributed by atoms with E-state index in [0.717, 1.165) is 0 Å². The minimum absolute atomic E-state index is 0.00361. The maximum atomic E-state index is 12.5. The van der Waals surface area contributed by atoms with Crippen molar-refractivity contribution in [1.29, 1.82) is 0 Å². The van der Waals surface area contributed by atoms with Crippen LogP contribution in [0.15, 0.2) is 24.3 Å². The Bertz CT molecular complexity index is 350. The number of hydrogen-bond donors (Lipinski definition) is 1. The van der Waals surface area contributed by atoms with Crippen molar-refractivity contribution in [2.24, 2.45) is 0 Å². The molecule has 0 unspecified atom stereocenters. The molecular formula is C11H11F2N. The molecule has 0 radical (unpaired) electrons. The maximum Gasteiger partial charge on any atom is 0.265 e. The van der Waals surface area contributed by atoms with E-state index in [1.165, 1.54) is 6.07 Å². The van der Waals surface area contributed by atoms with Gasteiger partial charge in [0.05, 0.1) is 6.54 Å². The molecule has 0 saturated carbocycles. The minimum atomic E-state index is -2.46. The fourth-order valence-electron chi connectivity index (χ4n) is 1.03. The van der Waals surface area contributed by atoms with Crippen molar-refractivity contribution in [1.82, 2.24) is 5.32 Å². The average Bonchev–Trinajstić information content (AvgIpc) is 2.19. The molecule has 0 aromatic heterocycles. The second kappa shape index (κ2) is 5.36. The van der Waals surface area contributed by atoms with E-state index in [-0.39, 0.29) is 5.56 Å². The van der Waals surface area contributed by atoms with E-state index in [9.17, 15) is 8.78 Å². The van der Waals surface area contributed by atoms with E-state index < -0.39 is 6.43 Å². The van der Waals surface area contributed by atoms with E-state index in [2.05, 4.69) is 17.2 Å². The zero-order valence-corrected chi connectivity index (χ0v) is 7.85. The van der Waals surface area contributed by atoms with Crippen LogP contribution in [-0.2, 0) is 0 Å². The van der Waals surface area contributed by atoms with Crippen LogP contribution in [-0.4, -0.2) is 13.6 Å². The molecule has 0 saturated heterocycles. The fraction of sp³-hybridized carbons (Fsp3) is 0.273. The number of benzene rings is 1. The van der Waals surface area contributed by atoms with Gasteiger partial charge in [-0.2, -0.15) is 0 Å². The Morgan fingerprint density at radius 1 is 1.36 bits per heavy atom. The van der Waals surface area contributed by atoms with Crippen LogP contribution in [0.2, 0.25) is 0 Å². The summed E-state index contributed by atoms with van der Waals surface area (Å²) in [5.41, 5.74) is 0.397. The summed E-state index contributed by atoms with van der Waals surface area (Å²) in [6, 6.07) is 6.29. The Labute approximate surface area is 82.1 Å². The predicted molar refractivity (Wildman–Crippen MR) is 52.2 cm³/mol. The molecule has 0 aliphatic carbocycles. The second-order valence-corrected chi connectivity index (χ2v) is 2.72. The topological polar surface area (TPSA) is 12.0 Å². The molecule has 0 aliphatic heterocycles. The first-order chi connectivity index (χ1) is 6.75. The first kappa shape index (κ1) is 10.7. The highest BCUT2D eigenvalue weighted by Crippen LogP contribution is 2.21. The molecule has 14 heavy (non-hydrogen) atoms. The predicted octanol–water partition coefficient (Wildman–Crippen LogP) is 2.20. The van der Waals surface area contributed by atoms with E-state index in [4.69, 9.17) is 0 Å². The molecule has 0 bridgehead atoms. The third-order valence-electron chi connectivity index (χ3n) is 1.68. The quantitative estimate of drug-likeness (QED) is 0.713. The monoisotopic (exact) mass is 195 g/mol. The summed E-state index contributed by atoms with van der Waals surface area (Å²) in [6.45, 7) is 0.498. The van der Waals surface area contributed by atoms with Crippen molar-refractivity contribution in [2.45, 2.75) is 6.43 Å². The maximum absolute atomic E-state index is 12.5. The van der Waals surface area contributed by atoms with Gasteiger partial charge in [-0.15, -0.1) is 0 Å². The number of alkyl halides is 2. The summed E-state index contributed by atoms with van der Waals surface area (Å²) in [5, 5.41) is 2.83. The van der Waals surface area contributed by atoms with Gasteiger partial charge in [-0.25, -0.2) is 8.78 Å². The third-order valence-corrected chi connectivity index (χ3v) is 1.68. The lowest BCUT2D eigenvalue weighted by atomic mass is 10.1. The molecule has 1 aromatic carbocycles. The zero-order valence-electron chi connectivity index (χ0n) is 7.85. The first-order valence-corrected chi connectivity index (χ1v) is 4.26. The summed E-state index contributed by atoms with van der Waals surface area (Å²) in [6.07, 6.45) is -2.46. The normalized spacial score (nSPS) is 9.71. The van der Waals surface area contributed by atoms with E-state index in [0.29, 0.717) is 12.1 Å². The van der Waals surface area contributed by atoms with Gasteiger partial charge in [-0.1, -0.05) is 30.0 Å². The van der Waals surface area contributed by atoms with E-state index in [1.54, 1.807) is 25.2 Å².